The third-order valence-corrected chi connectivity index (χ3v) is 4.42. The number of aromatic nitrogens is 1. The SMILES string of the molecule is CCC(C)c1cc(C(=O)N2CCCC(C)C2CO)on1. The van der Waals surface area contributed by atoms with Crippen LogP contribution in [0.15, 0.2) is 10.6 Å². The summed E-state index contributed by atoms with van der Waals surface area (Å²) in [5.41, 5.74) is 0.821. The van der Waals surface area contributed by atoms with Crippen LogP contribution in [0.1, 0.15) is 62.2 Å². The summed E-state index contributed by atoms with van der Waals surface area (Å²) in [4.78, 5) is 14.3. The first-order valence-corrected chi connectivity index (χ1v) is 7.46. The number of amides is 1. The number of aliphatic hydroxyl groups is 1. The van der Waals surface area contributed by atoms with Gasteiger partial charge in [-0.3, -0.25) is 4.79 Å². The van der Waals surface area contributed by atoms with Crippen molar-refractivity contribution < 1.29 is 14.4 Å². The van der Waals surface area contributed by atoms with E-state index in [1.807, 2.05) is 0 Å². The molecule has 1 saturated heterocycles. The third kappa shape index (κ3) is 2.87. The Hall–Kier alpha value is -1.36. The first-order chi connectivity index (χ1) is 9.58. The van der Waals surface area contributed by atoms with Gasteiger partial charge in [-0.25, -0.2) is 0 Å². The van der Waals surface area contributed by atoms with Crippen LogP contribution in [0, 0.1) is 5.92 Å². The van der Waals surface area contributed by atoms with E-state index in [1.54, 1.807) is 11.0 Å². The molecule has 2 rings (SSSR count). The smallest absolute Gasteiger partial charge is 0.292 e. The minimum Gasteiger partial charge on any atom is -0.394 e. The van der Waals surface area contributed by atoms with Crippen molar-refractivity contribution in [3.63, 3.8) is 0 Å². The van der Waals surface area contributed by atoms with Crippen molar-refractivity contribution >= 4 is 5.91 Å². The molecule has 1 N–H and O–H groups in total. The normalized spacial score (nSPS) is 24.7. The first kappa shape index (κ1) is 15.0. The van der Waals surface area contributed by atoms with E-state index < -0.39 is 0 Å². The Bertz CT molecular complexity index is 458. The van der Waals surface area contributed by atoms with E-state index in [0.717, 1.165) is 25.0 Å². The maximum absolute atomic E-state index is 12.5. The van der Waals surface area contributed by atoms with Gasteiger partial charge in [-0.05, 0) is 25.2 Å². The van der Waals surface area contributed by atoms with E-state index in [2.05, 4.69) is 25.9 Å². The van der Waals surface area contributed by atoms with Gasteiger partial charge in [0.15, 0.2) is 0 Å². The Kier molecular flexibility index (Phi) is 4.81. The Morgan fingerprint density at radius 2 is 2.40 bits per heavy atom. The third-order valence-electron chi connectivity index (χ3n) is 4.42. The predicted molar refractivity (Wildman–Crippen MR) is 75.5 cm³/mol. The standard InChI is InChI=1S/C15H24N2O3/c1-4-10(2)12-8-14(20-16-12)15(19)17-7-5-6-11(3)13(17)9-18/h8,10-11,13,18H,4-7,9H2,1-3H3. The maximum Gasteiger partial charge on any atom is 0.292 e. The van der Waals surface area contributed by atoms with Crippen LogP contribution in [0.3, 0.4) is 0 Å². The zero-order valence-corrected chi connectivity index (χ0v) is 12.5. The molecule has 3 atom stereocenters. The molecule has 112 valence electrons. The number of carbonyl (C=O) groups is 1. The van der Waals surface area contributed by atoms with E-state index in [-0.39, 0.29) is 30.2 Å². The molecule has 0 saturated carbocycles. The van der Waals surface area contributed by atoms with Gasteiger partial charge in [0, 0.05) is 18.5 Å². The summed E-state index contributed by atoms with van der Waals surface area (Å²) < 4.78 is 5.21. The summed E-state index contributed by atoms with van der Waals surface area (Å²) in [5.74, 6) is 0.731. The second-order valence-corrected chi connectivity index (χ2v) is 5.79. The molecule has 0 bridgehead atoms. The minimum atomic E-state index is -0.155. The first-order valence-electron chi connectivity index (χ1n) is 7.46. The number of hydrogen-bond acceptors (Lipinski definition) is 4. The van der Waals surface area contributed by atoms with Crippen LogP contribution in [0.4, 0.5) is 0 Å². The Morgan fingerprint density at radius 1 is 1.65 bits per heavy atom. The Morgan fingerprint density at radius 3 is 3.05 bits per heavy atom. The largest absolute Gasteiger partial charge is 0.394 e. The zero-order valence-electron chi connectivity index (χ0n) is 12.5. The van der Waals surface area contributed by atoms with Gasteiger partial charge < -0.3 is 14.5 Å². The predicted octanol–water partition coefficient (Wildman–Crippen LogP) is 2.42. The lowest BCUT2D eigenvalue weighted by atomic mass is 9.91. The molecule has 1 aliphatic rings. The lowest BCUT2D eigenvalue weighted by Crippen LogP contribution is -2.49. The molecule has 1 aromatic rings. The molecule has 1 aromatic heterocycles. The lowest BCUT2D eigenvalue weighted by Gasteiger charge is -2.38. The highest BCUT2D eigenvalue weighted by Crippen LogP contribution is 2.26. The van der Waals surface area contributed by atoms with Gasteiger partial charge in [0.1, 0.15) is 0 Å². The molecule has 5 nitrogen and oxygen atoms in total. The van der Waals surface area contributed by atoms with Gasteiger partial charge in [0.25, 0.3) is 5.91 Å². The number of carbonyl (C=O) groups excluding carboxylic acids is 1. The summed E-state index contributed by atoms with van der Waals surface area (Å²) in [5, 5.41) is 13.5. The van der Waals surface area contributed by atoms with Crippen LogP contribution >= 0.6 is 0 Å². The molecule has 1 amide bonds. The highest BCUT2D eigenvalue weighted by molar-refractivity contribution is 5.91. The summed E-state index contributed by atoms with van der Waals surface area (Å²) in [6.07, 6.45) is 2.97. The summed E-state index contributed by atoms with van der Waals surface area (Å²) in [6.45, 7) is 6.89. The monoisotopic (exact) mass is 280 g/mol. The average Bonchev–Trinajstić information content (AvgIpc) is 2.95. The second kappa shape index (κ2) is 6.39. The van der Waals surface area contributed by atoms with E-state index in [4.69, 9.17) is 4.52 Å². The Balaban J connectivity index is 2.15. The van der Waals surface area contributed by atoms with E-state index in [9.17, 15) is 9.90 Å². The molecule has 5 heteroatoms. The fraction of sp³-hybridized carbons (Fsp3) is 0.733. The number of nitrogens with zero attached hydrogens (tertiary/aromatic N) is 2. The maximum atomic E-state index is 12.5. The number of likely N-dealkylation sites (tertiary alicyclic amines) is 1. The van der Waals surface area contributed by atoms with Crippen LogP contribution < -0.4 is 0 Å². The summed E-state index contributed by atoms with van der Waals surface area (Å²) >= 11 is 0. The van der Waals surface area contributed by atoms with E-state index in [1.165, 1.54) is 0 Å². The molecule has 0 spiro atoms. The van der Waals surface area contributed by atoms with Gasteiger partial charge in [0.2, 0.25) is 5.76 Å². The Labute approximate surface area is 119 Å². The van der Waals surface area contributed by atoms with Crippen molar-refractivity contribution in [1.82, 2.24) is 10.1 Å². The van der Waals surface area contributed by atoms with Crippen LogP contribution in [-0.2, 0) is 0 Å². The van der Waals surface area contributed by atoms with Gasteiger partial charge in [-0.1, -0.05) is 25.9 Å². The molecule has 1 fully saturated rings. The van der Waals surface area contributed by atoms with Crippen molar-refractivity contribution in [2.75, 3.05) is 13.2 Å². The highest BCUT2D eigenvalue weighted by atomic mass is 16.5. The molecule has 0 aromatic carbocycles. The molecule has 1 aliphatic heterocycles. The molecular weight excluding hydrogens is 256 g/mol. The van der Waals surface area contributed by atoms with Crippen LogP contribution in [-0.4, -0.2) is 40.3 Å². The van der Waals surface area contributed by atoms with Crippen molar-refractivity contribution in [1.29, 1.82) is 0 Å². The molecule has 0 aliphatic carbocycles. The summed E-state index contributed by atoms with van der Waals surface area (Å²) in [7, 11) is 0. The fourth-order valence-corrected chi connectivity index (χ4v) is 2.75. The highest BCUT2D eigenvalue weighted by Gasteiger charge is 2.33. The van der Waals surface area contributed by atoms with Gasteiger partial charge in [0.05, 0.1) is 18.3 Å². The zero-order chi connectivity index (χ0) is 14.7. The summed E-state index contributed by atoms with van der Waals surface area (Å²) in [6, 6.07) is 1.62. The van der Waals surface area contributed by atoms with Crippen LogP contribution in [0.5, 0.6) is 0 Å². The van der Waals surface area contributed by atoms with Gasteiger partial charge >= 0.3 is 0 Å². The second-order valence-electron chi connectivity index (χ2n) is 5.79. The molecule has 2 heterocycles. The topological polar surface area (TPSA) is 66.6 Å². The van der Waals surface area contributed by atoms with Gasteiger partial charge in [-0.2, -0.15) is 0 Å². The fourth-order valence-electron chi connectivity index (χ4n) is 2.75. The van der Waals surface area contributed by atoms with Crippen LogP contribution in [0.2, 0.25) is 0 Å². The number of rotatable bonds is 4. The molecule has 20 heavy (non-hydrogen) atoms. The molecule has 3 unspecified atom stereocenters. The number of hydrogen-bond donors (Lipinski definition) is 1. The van der Waals surface area contributed by atoms with Gasteiger partial charge in [-0.15, -0.1) is 0 Å². The minimum absolute atomic E-state index is 0.000730. The van der Waals surface area contributed by atoms with E-state index >= 15 is 0 Å². The van der Waals surface area contributed by atoms with Crippen molar-refractivity contribution in [3.05, 3.63) is 17.5 Å². The van der Waals surface area contributed by atoms with Crippen LogP contribution in [0.25, 0.3) is 0 Å². The average molecular weight is 280 g/mol. The van der Waals surface area contributed by atoms with Crippen molar-refractivity contribution in [3.8, 4) is 0 Å². The quantitative estimate of drug-likeness (QED) is 0.919. The van der Waals surface area contributed by atoms with Crippen molar-refractivity contribution in [2.24, 2.45) is 5.92 Å². The van der Waals surface area contributed by atoms with E-state index in [0.29, 0.717) is 12.5 Å². The molecular formula is C15H24N2O3. The number of piperidine rings is 1. The van der Waals surface area contributed by atoms with Crippen molar-refractivity contribution in [2.45, 2.75) is 52.0 Å². The lowest BCUT2D eigenvalue weighted by molar-refractivity contribution is 0.0324. The molecule has 0 radical (unpaired) electrons. The number of aliphatic hydroxyl groups excluding tert-OH is 1.